The summed E-state index contributed by atoms with van der Waals surface area (Å²) in [6.45, 7) is 4.72. The second-order valence-corrected chi connectivity index (χ2v) is 15.2. The lowest BCUT2D eigenvalue weighted by Gasteiger charge is -2.30. The Hall–Kier alpha value is -5.96. The van der Waals surface area contributed by atoms with Crippen molar-refractivity contribution in [2.45, 2.75) is 19.3 Å². The quantitative estimate of drug-likeness (QED) is 0.176. The Morgan fingerprint density at radius 2 is 1.06 bits per heavy atom. The van der Waals surface area contributed by atoms with E-state index in [1.54, 1.807) is 0 Å². The van der Waals surface area contributed by atoms with Gasteiger partial charge in [0, 0.05) is 42.4 Å². The van der Waals surface area contributed by atoms with Crippen molar-refractivity contribution in [1.29, 1.82) is 0 Å². The summed E-state index contributed by atoms with van der Waals surface area (Å²) in [5.41, 5.74) is 13.7. The summed E-state index contributed by atoms with van der Waals surface area (Å²) in [7, 11) is 0. The normalized spacial score (nSPS) is 13.1. The van der Waals surface area contributed by atoms with Gasteiger partial charge in [-0.25, -0.2) is 0 Å². The van der Waals surface area contributed by atoms with Crippen molar-refractivity contribution in [3.8, 4) is 33.4 Å². The molecule has 1 aliphatic carbocycles. The van der Waals surface area contributed by atoms with Crippen molar-refractivity contribution in [2.75, 3.05) is 4.90 Å². The first-order valence-electron chi connectivity index (χ1n) is 17.7. The number of fused-ring (bicyclic) bond motifs is 7. The molecule has 10 rings (SSSR count). The molecule has 2 heteroatoms. The molecule has 0 aliphatic heterocycles. The van der Waals surface area contributed by atoms with Crippen LogP contribution in [0.15, 0.2) is 176 Å². The molecule has 8 aromatic carbocycles. The average molecular weight is 670 g/mol. The molecule has 1 aromatic heterocycles. The van der Waals surface area contributed by atoms with Crippen molar-refractivity contribution in [3.63, 3.8) is 0 Å². The van der Waals surface area contributed by atoms with Gasteiger partial charge in [0.05, 0.1) is 11.4 Å². The monoisotopic (exact) mass is 669 g/mol. The first-order valence-corrected chi connectivity index (χ1v) is 18.5. The van der Waals surface area contributed by atoms with Crippen molar-refractivity contribution in [3.05, 3.63) is 187 Å². The Labute approximate surface area is 302 Å². The highest BCUT2D eigenvalue weighted by atomic mass is 32.1. The average Bonchev–Trinajstić information content (AvgIpc) is 3.67. The maximum absolute atomic E-state index is 2.48. The van der Waals surface area contributed by atoms with Crippen LogP contribution in [-0.4, -0.2) is 0 Å². The van der Waals surface area contributed by atoms with Crippen molar-refractivity contribution >= 4 is 59.3 Å². The number of nitrogens with zero attached hydrogens (tertiary/aromatic N) is 1. The first-order chi connectivity index (χ1) is 25.1. The number of benzene rings is 8. The summed E-state index contributed by atoms with van der Waals surface area (Å²) in [5, 5.41) is 5.08. The largest absolute Gasteiger partial charge is 0.309 e. The van der Waals surface area contributed by atoms with Gasteiger partial charge in [0.1, 0.15) is 0 Å². The number of hydrogen-bond acceptors (Lipinski definition) is 2. The summed E-state index contributed by atoms with van der Waals surface area (Å²) in [5.74, 6) is 0. The van der Waals surface area contributed by atoms with Gasteiger partial charge in [0.15, 0.2) is 0 Å². The van der Waals surface area contributed by atoms with Gasteiger partial charge in [-0.2, -0.15) is 0 Å². The molecule has 0 N–H and O–H groups in total. The minimum absolute atomic E-state index is 0.0774. The topological polar surface area (TPSA) is 3.24 Å². The number of hydrogen-bond donors (Lipinski definition) is 0. The van der Waals surface area contributed by atoms with E-state index in [1.165, 1.54) is 75.5 Å². The van der Waals surface area contributed by atoms with Gasteiger partial charge in [-0.3, -0.25) is 0 Å². The summed E-state index contributed by atoms with van der Waals surface area (Å²) >= 11 is 1.86. The van der Waals surface area contributed by atoms with E-state index in [0.29, 0.717) is 0 Å². The van der Waals surface area contributed by atoms with Crippen LogP contribution in [0.3, 0.4) is 0 Å². The van der Waals surface area contributed by atoms with Crippen LogP contribution in [0.1, 0.15) is 25.0 Å². The van der Waals surface area contributed by atoms with Gasteiger partial charge >= 0.3 is 0 Å². The molecule has 0 saturated carbocycles. The van der Waals surface area contributed by atoms with Crippen LogP contribution >= 0.6 is 11.3 Å². The highest BCUT2D eigenvalue weighted by Gasteiger charge is 2.37. The lowest BCUT2D eigenvalue weighted by atomic mass is 9.82. The zero-order valence-corrected chi connectivity index (χ0v) is 29.4. The Kier molecular flexibility index (Phi) is 6.78. The highest BCUT2D eigenvalue weighted by molar-refractivity contribution is 7.25. The molecular weight excluding hydrogens is 635 g/mol. The molecule has 0 bridgehead atoms. The van der Waals surface area contributed by atoms with Crippen LogP contribution in [-0.2, 0) is 5.41 Å². The standard InChI is InChI=1S/C49H35NS/c1-49(2)42-21-9-5-19-40(42)48-39(20-13-22-43(48)49)37-17-7-11-24-45(37)50(35-28-26-32-14-3-4-15-33(32)30-35)44-23-10-6-16-36(44)34-27-29-47-41(31-34)38-18-8-12-25-46(38)51-47/h3-31H,1-2H3. The third-order valence-corrected chi connectivity index (χ3v) is 12.0. The highest BCUT2D eigenvalue weighted by Crippen LogP contribution is 2.54. The molecule has 51 heavy (non-hydrogen) atoms. The summed E-state index contributed by atoms with van der Waals surface area (Å²) in [6, 6.07) is 65.0. The minimum atomic E-state index is -0.0774. The van der Waals surface area contributed by atoms with Gasteiger partial charge in [-0.15, -0.1) is 11.3 Å². The van der Waals surface area contributed by atoms with Crippen molar-refractivity contribution in [1.82, 2.24) is 0 Å². The number of anilines is 3. The second-order valence-electron chi connectivity index (χ2n) is 14.1. The lowest BCUT2D eigenvalue weighted by molar-refractivity contribution is 0.660. The molecule has 0 atom stereocenters. The maximum Gasteiger partial charge on any atom is 0.0540 e. The Morgan fingerprint density at radius 3 is 1.92 bits per heavy atom. The summed E-state index contributed by atoms with van der Waals surface area (Å²) in [6.07, 6.45) is 0. The molecule has 1 heterocycles. The molecule has 0 saturated heterocycles. The molecule has 9 aromatic rings. The maximum atomic E-state index is 2.48. The van der Waals surface area contributed by atoms with Crippen LogP contribution in [0.2, 0.25) is 0 Å². The van der Waals surface area contributed by atoms with E-state index in [-0.39, 0.29) is 5.41 Å². The molecule has 0 radical (unpaired) electrons. The Balaban J connectivity index is 1.24. The summed E-state index contributed by atoms with van der Waals surface area (Å²) < 4.78 is 2.64. The molecule has 1 aliphatic rings. The third kappa shape index (κ3) is 4.67. The van der Waals surface area contributed by atoms with Crippen LogP contribution in [0.5, 0.6) is 0 Å². The molecular formula is C49H35NS. The summed E-state index contributed by atoms with van der Waals surface area (Å²) in [4.78, 5) is 2.48. The Morgan fingerprint density at radius 1 is 0.431 bits per heavy atom. The van der Waals surface area contributed by atoms with Crippen molar-refractivity contribution in [2.24, 2.45) is 0 Å². The number of thiophene rings is 1. The number of rotatable bonds is 5. The first kappa shape index (κ1) is 29.9. The second kappa shape index (κ2) is 11.6. The van der Waals surface area contributed by atoms with Gasteiger partial charge in [0.2, 0.25) is 0 Å². The molecule has 0 amide bonds. The van der Waals surface area contributed by atoms with E-state index in [2.05, 4.69) is 195 Å². The van der Waals surface area contributed by atoms with E-state index < -0.39 is 0 Å². The smallest absolute Gasteiger partial charge is 0.0540 e. The Bertz CT molecular complexity index is 2800. The SMILES string of the molecule is CC1(C)c2ccccc2-c2c(-c3ccccc3N(c3ccc4ccccc4c3)c3ccccc3-c3ccc4sc5ccccc5c4c3)cccc21. The van der Waals surface area contributed by atoms with Crippen LogP contribution in [0, 0.1) is 0 Å². The van der Waals surface area contributed by atoms with Crippen LogP contribution in [0.25, 0.3) is 64.3 Å². The van der Waals surface area contributed by atoms with E-state index in [0.717, 1.165) is 17.1 Å². The molecule has 1 nitrogen and oxygen atoms in total. The molecule has 242 valence electrons. The van der Waals surface area contributed by atoms with E-state index in [9.17, 15) is 0 Å². The van der Waals surface area contributed by atoms with E-state index in [1.807, 2.05) is 11.3 Å². The van der Waals surface area contributed by atoms with E-state index in [4.69, 9.17) is 0 Å². The predicted molar refractivity (Wildman–Crippen MR) is 220 cm³/mol. The number of para-hydroxylation sites is 2. The van der Waals surface area contributed by atoms with Gasteiger partial charge in [-0.1, -0.05) is 147 Å². The van der Waals surface area contributed by atoms with Gasteiger partial charge in [0.25, 0.3) is 0 Å². The molecule has 0 unspecified atom stereocenters. The zero-order valence-electron chi connectivity index (χ0n) is 28.6. The van der Waals surface area contributed by atoms with Crippen LogP contribution in [0.4, 0.5) is 17.1 Å². The molecule has 0 fully saturated rings. The van der Waals surface area contributed by atoms with Crippen LogP contribution < -0.4 is 4.90 Å². The predicted octanol–water partition coefficient (Wildman–Crippen LogP) is 14.3. The van der Waals surface area contributed by atoms with Gasteiger partial charge < -0.3 is 4.90 Å². The zero-order chi connectivity index (χ0) is 34.1. The fourth-order valence-corrected chi connectivity index (χ4v) is 9.49. The van der Waals surface area contributed by atoms with Gasteiger partial charge in [-0.05, 0) is 86.6 Å². The third-order valence-electron chi connectivity index (χ3n) is 10.9. The lowest BCUT2D eigenvalue weighted by Crippen LogP contribution is -2.15. The molecule has 0 spiro atoms. The fourth-order valence-electron chi connectivity index (χ4n) is 8.41. The minimum Gasteiger partial charge on any atom is -0.309 e. The fraction of sp³-hybridized carbons (Fsp3) is 0.0612. The van der Waals surface area contributed by atoms with Crippen molar-refractivity contribution < 1.29 is 0 Å². The van der Waals surface area contributed by atoms with E-state index >= 15 is 0 Å².